The number of benzene rings is 1. The Bertz CT molecular complexity index is 349. The molecule has 0 spiro atoms. The minimum absolute atomic E-state index is 0.0170. The van der Waals surface area contributed by atoms with E-state index in [1.807, 2.05) is 24.3 Å². The van der Waals surface area contributed by atoms with Gasteiger partial charge >= 0.3 is 0 Å². The Kier molecular flexibility index (Phi) is 4.67. The second-order valence-electron chi connectivity index (χ2n) is 2.85. The Morgan fingerprint density at radius 1 is 1.33 bits per heavy atom. The summed E-state index contributed by atoms with van der Waals surface area (Å²) in [6, 6.07) is 7.53. The summed E-state index contributed by atoms with van der Waals surface area (Å²) in [6.45, 7) is 1.53. The molecule has 0 aliphatic carbocycles. The number of halogens is 2. The lowest BCUT2D eigenvalue weighted by Crippen LogP contribution is -2.16. The van der Waals surface area contributed by atoms with Gasteiger partial charge in [-0.05, 0) is 31.2 Å². The molecule has 1 aromatic rings. The molecule has 1 aromatic carbocycles. The maximum Gasteiger partial charge on any atom is 0.187 e. The fraction of sp³-hybridized carbons (Fsp3) is 0.300. The Morgan fingerprint density at radius 2 is 1.87 bits per heavy atom. The molecule has 0 atom stereocenters. The first-order valence-electron chi connectivity index (χ1n) is 4.17. The molecule has 82 valence electrons. The van der Waals surface area contributed by atoms with Gasteiger partial charge in [-0.25, -0.2) is 0 Å². The molecule has 0 N–H and O–H groups in total. The monoisotopic (exact) mass is 353 g/mol. The predicted octanol–water partition coefficient (Wildman–Crippen LogP) is 3.82. The lowest BCUT2D eigenvalue weighted by molar-refractivity contribution is -0.115. The van der Waals surface area contributed by atoms with E-state index in [9.17, 15) is 4.79 Å². The number of methoxy groups -OCH3 is 1. The molecule has 0 heterocycles. The van der Waals surface area contributed by atoms with Gasteiger partial charge < -0.3 is 4.74 Å². The zero-order valence-corrected chi connectivity index (χ0v) is 12.3. The summed E-state index contributed by atoms with van der Waals surface area (Å²) in [5, 5.41) is 0. The van der Waals surface area contributed by atoms with Crippen molar-refractivity contribution in [3.63, 3.8) is 0 Å². The molecule has 0 aromatic heterocycles. The highest BCUT2D eigenvalue weighted by molar-refractivity contribution is 9.28. The molecule has 0 saturated carbocycles. The number of Topliss-reactive ketones (excluding diaryl/α,β-unsaturated/α-hetero) is 1. The van der Waals surface area contributed by atoms with Crippen molar-refractivity contribution in [1.82, 2.24) is 0 Å². The largest absolute Gasteiger partial charge is 0.497 e. The van der Waals surface area contributed by atoms with Crippen molar-refractivity contribution in [2.75, 3.05) is 7.11 Å². The molecule has 0 saturated heterocycles. The summed E-state index contributed by atoms with van der Waals surface area (Å²) < 4.78 is 4.31. The second kappa shape index (κ2) is 5.37. The molecule has 0 fully saturated rings. The third-order valence-corrected chi connectivity index (χ3v) is 4.85. The fourth-order valence-corrected chi connectivity index (χ4v) is 2.70. The highest BCUT2D eigenvalue weighted by atomic mass is 79.9. The van der Waals surface area contributed by atoms with Crippen LogP contribution in [0.1, 0.15) is 6.92 Å². The van der Waals surface area contributed by atoms with Crippen LogP contribution in [0.4, 0.5) is 0 Å². The van der Waals surface area contributed by atoms with Gasteiger partial charge in [0.25, 0.3) is 0 Å². The number of ether oxygens (including phenoxy) is 1. The van der Waals surface area contributed by atoms with E-state index in [0.717, 1.165) is 10.6 Å². The van der Waals surface area contributed by atoms with Crippen LogP contribution in [-0.2, 0) is 4.79 Å². The summed E-state index contributed by atoms with van der Waals surface area (Å²) in [4.78, 5) is 12.2. The molecule has 0 radical (unpaired) electrons. The Balaban J connectivity index is 2.77. The van der Waals surface area contributed by atoms with E-state index in [4.69, 9.17) is 4.74 Å². The van der Waals surface area contributed by atoms with E-state index in [1.165, 1.54) is 18.7 Å². The number of hydrogen-bond donors (Lipinski definition) is 0. The van der Waals surface area contributed by atoms with Crippen molar-refractivity contribution in [1.29, 1.82) is 0 Å². The minimum atomic E-state index is -0.741. The number of ketones is 1. The first kappa shape index (κ1) is 13.1. The van der Waals surface area contributed by atoms with E-state index in [2.05, 4.69) is 31.9 Å². The molecule has 1 rings (SSSR count). The van der Waals surface area contributed by atoms with Crippen LogP contribution in [-0.4, -0.2) is 15.5 Å². The van der Waals surface area contributed by atoms with Crippen LogP contribution >= 0.6 is 43.6 Å². The number of alkyl halides is 2. The number of hydrogen-bond acceptors (Lipinski definition) is 3. The van der Waals surface area contributed by atoms with Crippen LogP contribution in [0.5, 0.6) is 5.75 Å². The summed E-state index contributed by atoms with van der Waals surface area (Å²) in [5.41, 5.74) is 0. The molecule has 5 heteroatoms. The van der Waals surface area contributed by atoms with Gasteiger partial charge in [0.1, 0.15) is 5.75 Å². The zero-order valence-electron chi connectivity index (χ0n) is 8.29. The molecular formula is C10H10Br2O2S. The summed E-state index contributed by atoms with van der Waals surface area (Å²) in [6.07, 6.45) is 0. The third-order valence-electron chi connectivity index (χ3n) is 1.72. The number of rotatable bonds is 4. The lowest BCUT2D eigenvalue weighted by atomic mass is 10.3. The lowest BCUT2D eigenvalue weighted by Gasteiger charge is -2.16. The first-order chi connectivity index (χ1) is 6.95. The van der Waals surface area contributed by atoms with Gasteiger partial charge in [-0.1, -0.05) is 43.6 Å². The van der Waals surface area contributed by atoms with Crippen LogP contribution < -0.4 is 4.74 Å². The number of carbonyl (C=O) groups excluding carboxylic acids is 1. The number of carbonyl (C=O) groups is 1. The quantitative estimate of drug-likeness (QED) is 0.467. The third kappa shape index (κ3) is 3.81. The Labute approximate surface area is 110 Å². The zero-order chi connectivity index (χ0) is 11.5. The van der Waals surface area contributed by atoms with Crippen LogP contribution in [0.2, 0.25) is 0 Å². The van der Waals surface area contributed by atoms with Crippen molar-refractivity contribution in [2.24, 2.45) is 0 Å². The molecule has 0 aliphatic heterocycles. The van der Waals surface area contributed by atoms with Gasteiger partial charge in [0.15, 0.2) is 8.35 Å². The topological polar surface area (TPSA) is 26.3 Å². The standard InChI is InChI=1S/C10H10Br2O2S/c1-7(13)10(11,12)15-9-5-3-8(14-2)4-6-9/h3-6H,1-2H3/i10+1. The van der Waals surface area contributed by atoms with Crippen LogP contribution in [0.3, 0.4) is 0 Å². The minimum Gasteiger partial charge on any atom is -0.497 e. The fourth-order valence-electron chi connectivity index (χ4n) is 0.864. The summed E-state index contributed by atoms with van der Waals surface area (Å²) in [7, 11) is 1.62. The van der Waals surface area contributed by atoms with Crippen LogP contribution in [0.15, 0.2) is 29.2 Å². The molecule has 0 amide bonds. The van der Waals surface area contributed by atoms with E-state index in [1.54, 1.807) is 7.11 Å². The summed E-state index contributed by atoms with van der Waals surface area (Å²) in [5.74, 6) is 0.820. The molecule has 15 heavy (non-hydrogen) atoms. The summed E-state index contributed by atoms with van der Waals surface area (Å²) >= 11 is 8.04. The second-order valence-corrected chi connectivity index (χ2v) is 8.63. The Hall–Kier alpha value is -0.000000000000000167. The molecular weight excluding hydrogens is 345 g/mol. The van der Waals surface area contributed by atoms with Gasteiger partial charge in [-0.3, -0.25) is 4.79 Å². The smallest absolute Gasteiger partial charge is 0.187 e. The predicted molar refractivity (Wildman–Crippen MR) is 70.1 cm³/mol. The van der Waals surface area contributed by atoms with Gasteiger partial charge in [0.05, 0.1) is 7.11 Å². The van der Waals surface area contributed by atoms with Crippen LogP contribution in [0, 0.1) is 0 Å². The molecule has 0 bridgehead atoms. The van der Waals surface area contributed by atoms with Crippen molar-refractivity contribution in [2.45, 2.75) is 14.4 Å². The average Bonchev–Trinajstić information content (AvgIpc) is 2.18. The first-order valence-corrected chi connectivity index (χ1v) is 6.58. The van der Waals surface area contributed by atoms with E-state index >= 15 is 0 Å². The molecule has 0 aliphatic rings. The maximum absolute atomic E-state index is 11.3. The van der Waals surface area contributed by atoms with Gasteiger partial charge in [-0.2, -0.15) is 0 Å². The van der Waals surface area contributed by atoms with E-state index < -0.39 is 2.57 Å². The van der Waals surface area contributed by atoms with Crippen molar-refractivity contribution in [3.8, 4) is 5.75 Å². The normalized spacial score (nSPS) is 11.2. The maximum atomic E-state index is 11.3. The van der Waals surface area contributed by atoms with E-state index in [-0.39, 0.29) is 5.78 Å². The van der Waals surface area contributed by atoms with Crippen LogP contribution in [0.25, 0.3) is 0 Å². The van der Waals surface area contributed by atoms with Crippen molar-refractivity contribution in [3.05, 3.63) is 24.3 Å². The molecule has 0 unspecified atom stereocenters. The molecule has 2 nitrogen and oxygen atoms in total. The van der Waals surface area contributed by atoms with Gasteiger partial charge in [0.2, 0.25) is 0 Å². The van der Waals surface area contributed by atoms with Crippen molar-refractivity contribution >= 4 is 49.4 Å². The van der Waals surface area contributed by atoms with Crippen molar-refractivity contribution < 1.29 is 9.53 Å². The van der Waals surface area contributed by atoms with Gasteiger partial charge in [0, 0.05) is 4.90 Å². The highest BCUT2D eigenvalue weighted by Crippen LogP contribution is 2.44. The van der Waals surface area contributed by atoms with E-state index in [0.29, 0.717) is 0 Å². The average molecular weight is 355 g/mol. The van der Waals surface area contributed by atoms with Gasteiger partial charge in [-0.15, -0.1) is 0 Å². The SMILES string of the molecule is COc1ccc(S[13C](Br)(Br)C(C)=O)cc1. The number of thioether (sulfide) groups is 1. The highest BCUT2D eigenvalue weighted by Gasteiger charge is 2.29. The Morgan fingerprint density at radius 3 is 2.27 bits per heavy atom.